The second kappa shape index (κ2) is 4.58. The highest BCUT2D eigenvalue weighted by Crippen LogP contribution is 2.43. The van der Waals surface area contributed by atoms with Gasteiger partial charge in [-0.3, -0.25) is 0 Å². The fourth-order valence-corrected chi connectivity index (χ4v) is 2.39. The molecule has 0 saturated carbocycles. The number of benzene rings is 1. The molecule has 1 aliphatic rings. The van der Waals surface area contributed by atoms with Crippen molar-refractivity contribution in [1.29, 1.82) is 0 Å². The summed E-state index contributed by atoms with van der Waals surface area (Å²) in [6.07, 6.45) is 1.18. The van der Waals surface area contributed by atoms with Crippen LogP contribution in [-0.2, 0) is 0 Å². The highest BCUT2D eigenvalue weighted by atomic mass is 16.5. The molecule has 1 heterocycles. The van der Waals surface area contributed by atoms with Crippen LogP contribution in [0.3, 0.4) is 0 Å². The van der Waals surface area contributed by atoms with Gasteiger partial charge in [-0.2, -0.15) is 0 Å². The summed E-state index contributed by atoms with van der Waals surface area (Å²) in [7, 11) is 0. The minimum absolute atomic E-state index is 0.173. The molecule has 2 rings (SSSR count). The third-order valence-corrected chi connectivity index (χ3v) is 4.04. The smallest absolute Gasteiger partial charge is 0.125 e. The van der Waals surface area contributed by atoms with Gasteiger partial charge in [0.1, 0.15) is 11.4 Å². The van der Waals surface area contributed by atoms with Crippen molar-refractivity contribution >= 4 is 0 Å². The van der Waals surface area contributed by atoms with Crippen molar-refractivity contribution in [3.63, 3.8) is 0 Å². The summed E-state index contributed by atoms with van der Waals surface area (Å²) in [5, 5.41) is 3.69. The topological polar surface area (TPSA) is 21.3 Å². The molecule has 0 spiro atoms. The highest BCUT2D eigenvalue weighted by molar-refractivity contribution is 5.42. The van der Waals surface area contributed by atoms with Crippen LogP contribution in [0.2, 0.25) is 0 Å². The van der Waals surface area contributed by atoms with E-state index in [0.717, 1.165) is 12.3 Å². The lowest BCUT2D eigenvalue weighted by Crippen LogP contribution is -2.42. The Labute approximate surface area is 111 Å². The van der Waals surface area contributed by atoms with Crippen molar-refractivity contribution in [2.75, 3.05) is 6.54 Å². The fraction of sp³-hybridized carbons (Fsp3) is 0.625. The van der Waals surface area contributed by atoms with Crippen molar-refractivity contribution in [2.24, 2.45) is 5.41 Å². The first kappa shape index (κ1) is 13.4. The molecular weight excluding hydrogens is 222 g/mol. The van der Waals surface area contributed by atoms with Gasteiger partial charge in [0.2, 0.25) is 0 Å². The third kappa shape index (κ3) is 2.54. The van der Waals surface area contributed by atoms with Gasteiger partial charge in [-0.05, 0) is 31.7 Å². The van der Waals surface area contributed by atoms with Crippen LogP contribution in [0.4, 0.5) is 0 Å². The van der Waals surface area contributed by atoms with Gasteiger partial charge in [0, 0.05) is 12.1 Å². The predicted molar refractivity (Wildman–Crippen MR) is 76.0 cm³/mol. The molecular formula is C16H25NO. The Morgan fingerprint density at radius 2 is 1.94 bits per heavy atom. The first-order valence-corrected chi connectivity index (χ1v) is 6.87. The van der Waals surface area contributed by atoms with E-state index >= 15 is 0 Å². The number of hydrogen-bond donors (Lipinski definition) is 1. The van der Waals surface area contributed by atoms with E-state index in [1.54, 1.807) is 0 Å². The summed E-state index contributed by atoms with van der Waals surface area (Å²) < 4.78 is 6.04. The van der Waals surface area contributed by atoms with Gasteiger partial charge in [0.05, 0.1) is 6.04 Å². The number of para-hydroxylation sites is 1. The Morgan fingerprint density at radius 1 is 1.28 bits per heavy atom. The molecule has 1 aromatic rings. The normalized spacial score (nSPS) is 21.5. The number of ether oxygens (including phenoxy) is 1. The van der Waals surface area contributed by atoms with Crippen molar-refractivity contribution in [3.8, 4) is 5.75 Å². The summed E-state index contributed by atoms with van der Waals surface area (Å²) in [5.41, 5.74) is 1.44. The Morgan fingerprint density at radius 3 is 2.61 bits per heavy atom. The van der Waals surface area contributed by atoms with E-state index in [2.05, 4.69) is 58.1 Å². The molecule has 0 saturated heterocycles. The third-order valence-electron chi connectivity index (χ3n) is 4.04. The van der Waals surface area contributed by atoms with E-state index < -0.39 is 0 Å². The monoisotopic (exact) mass is 247 g/mol. The standard InChI is InChI=1S/C16H25NO/c1-6-15(2,3)11-17-14-12-9-7-8-10-13(12)18-16(14,4)5/h7-10,14,17H,6,11H2,1-5H3. The lowest BCUT2D eigenvalue weighted by atomic mass is 9.88. The molecule has 1 atom stereocenters. The number of hydrogen-bond acceptors (Lipinski definition) is 2. The largest absolute Gasteiger partial charge is 0.486 e. The minimum atomic E-state index is -0.173. The SMILES string of the molecule is CCC(C)(C)CNC1c2ccccc2OC1(C)C. The van der Waals surface area contributed by atoms with E-state index in [9.17, 15) is 0 Å². The van der Waals surface area contributed by atoms with E-state index in [4.69, 9.17) is 4.74 Å². The van der Waals surface area contributed by atoms with Crippen molar-refractivity contribution < 1.29 is 4.74 Å². The molecule has 0 bridgehead atoms. The van der Waals surface area contributed by atoms with Gasteiger partial charge >= 0.3 is 0 Å². The van der Waals surface area contributed by atoms with Crippen LogP contribution in [0.5, 0.6) is 5.75 Å². The van der Waals surface area contributed by atoms with Gasteiger partial charge in [-0.1, -0.05) is 39.0 Å². The van der Waals surface area contributed by atoms with Crippen LogP contribution in [-0.4, -0.2) is 12.1 Å². The van der Waals surface area contributed by atoms with E-state index in [-0.39, 0.29) is 11.6 Å². The first-order valence-electron chi connectivity index (χ1n) is 6.87. The molecule has 18 heavy (non-hydrogen) atoms. The maximum atomic E-state index is 6.04. The summed E-state index contributed by atoms with van der Waals surface area (Å²) in [6, 6.07) is 8.63. The zero-order valence-electron chi connectivity index (χ0n) is 12.2. The lowest BCUT2D eigenvalue weighted by molar-refractivity contribution is 0.0910. The van der Waals surface area contributed by atoms with E-state index in [1.807, 2.05) is 6.07 Å². The second-order valence-electron chi connectivity index (χ2n) is 6.58. The van der Waals surface area contributed by atoms with Gasteiger partial charge in [0.25, 0.3) is 0 Å². The predicted octanol–water partition coefficient (Wildman–Crippen LogP) is 3.92. The molecule has 1 aromatic carbocycles. The maximum Gasteiger partial charge on any atom is 0.125 e. The summed E-state index contributed by atoms with van der Waals surface area (Å²) in [6.45, 7) is 12.2. The Bertz CT molecular complexity index is 423. The first-order chi connectivity index (χ1) is 8.36. The Balaban J connectivity index is 2.16. The molecule has 0 aliphatic carbocycles. The molecule has 0 fully saturated rings. The maximum absolute atomic E-state index is 6.04. The molecule has 0 aromatic heterocycles. The van der Waals surface area contributed by atoms with Crippen LogP contribution in [0.15, 0.2) is 24.3 Å². The zero-order chi connectivity index (χ0) is 13.4. The second-order valence-corrected chi connectivity index (χ2v) is 6.58. The number of nitrogens with one attached hydrogen (secondary N) is 1. The van der Waals surface area contributed by atoms with Crippen LogP contribution >= 0.6 is 0 Å². The molecule has 1 N–H and O–H groups in total. The van der Waals surface area contributed by atoms with Gasteiger partial charge in [-0.15, -0.1) is 0 Å². The van der Waals surface area contributed by atoms with Gasteiger partial charge in [0.15, 0.2) is 0 Å². The molecule has 2 heteroatoms. The molecule has 0 radical (unpaired) electrons. The molecule has 2 nitrogen and oxygen atoms in total. The average Bonchev–Trinajstić information content (AvgIpc) is 2.56. The highest BCUT2D eigenvalue weighted by Gasteiger charge is 2.41. The van der Waals surface area contributed by atoms with E-state index in [1.165, 1.54) is 12.0 Å². The van der Waals surface area contributed by atoms with Crippen molar-refractivity contribution in [1.82, 2.24) is 5.32 Å². The minimum Gasteiger partial charge on any atom is -0.486 e. The van der Waals surface area contributed by atoms with Crippen molar-refractivity contribution in [2.45, 2.75) is 52.7 Å². The summed E-state index contributed by atoms with van der Waals surface area (Å²) >= 11 is 0. The summed E-state index contributed by atoms with van der Waals surface area (Å²) in [5.74, 6) is 1.02. The summed E-state index contributed by atoms with van der Waals surface area (Å²) in [4.78, 5) is 0. The van der Waals surface area contributed by atoms with Crippen LogP contribution in [0.25, 0.3) is 0 Å². The Hall–Kier alpha value is -1.02. The van der Waals surface area contributed by atoms with Crippen LogP contribution in [0, 0.1) is 5.41 Å². The Kier molecular flexibility index (Phi) is 3.41. The number of rotatable bonds is 4. The van der Waals surface area contributed by atoms with Crippen LogP contribution < -0.4 is 10.1 Å². The molecule has 0 amide bonds. The van der Waals surface area contributed by atoms with Crippen LogP contribution in [0.1, 0.15) is 52.6 Å². The van der Waals surface area contributed by atoms with Gasteiger partial charge < -0.3 is 10.1 Å². The lowest BCUT2D eigenvalue weighted by Gasteiger charge is -2.31. The molecule has 100 valence electrons. The quantitative estimate of drug-likeness (QED) is 0.870. The fourth-order valence-electron chi connectivity index (χ4n) is 2.39. The average molecular weight is 247 g/mol. The van der Waals surface area contributed by atoms with Crippen molar-refractivity contribution in [3.05, 3.63) is 29.8 Å². The molecule has 1 aliphatic heterocycles. The number of fused-ring (bicyclic) bond motifs is 1. The molecule has 1 unspecified atom stereocenters. The van der Waals surface area contributed by atoms with Gasteiger partial charge in [-0.25, -0.2) is 0 Å². The van der Waals surface area contributed by atoms with E-state index in [0.29, 0.717) is 5.41 Å². The zero-order valence-corrected chi connectivity index (χ0v) is 12.2.